The minimum absolute atomic E-state index is 0.118. The third-order valence-electron chi connectivity index (χ3n) is 8.79. The van der Waals surface area contributed by atoms with Crippen LogP contribution in [0.5, 0.6) is 0 Å². The van der Waals surface area contributed by atoms with E-state index < -0.39 is 14.4 Å². The van der Waals surface area contributed by atoms with Crippen molar-refractivity contribution >= 4 is 24.3 Å². The average Bonchev–Trinajstić information content (AvgIpc) is 2.96. The minimum Gasteiger partial charge on any atom is -0.532 e. The van der Waals surface area contributed by atoms with Gasteiger partial charge < -0.3 is 14.4 Å². The van der Waals surface area contributed by atoms with Crippen molar-refractivity contribution in [3.05, 3.63) is 113 Å². The van der Waals surface area contributed by atoms with Crippen molar-refractivity contribution in [2.24, 2.45) is 5.92 Å². The normalized spacial score (nSPS) is 17.1. The number of nitrogens with zero attached hydrogens (tertiary/aromatic N) is 1. The molecule has 3 nitrogen and oxygen atoms in total. The molecule has 1 heterocycles. The third-order valence-corrected chi connectivity index (χ3v) is 13.7. The molecule has 1 aliphatic rings. The molecule has 4 rings (SSSR count). The summed E-state index contributed by atoms with van der Waals surface area (Å²) < 4.78 is 22.2. The highest BCUT2D eigenvalue weighted by Gasteiger charge is 2.54. The molecule has 5 heteroatoms. The lowest BCUT2D eigenvalue weighted by molar-refractivity contribution is 0.101. The summed E-state index contributed by atoms with van der Waals surface area (Å²) >= 11 is 0. The van der Waals surface area contributed by atoms with Crippen LogP contribution in [0.25, 0.3) is 5.57 Å². The highest BCUT2D eigenvalue weighted by atomic mass is 28.4. The first-order valence-corrected chi connectivity index (χ1v) is 17.8. The molecular formula is C38H50FNO2Si. The summed E-state index contributed by atoms with van der Waals surface area (Å²) in [7, 11) is -0.912. The molecule has 3 aromatic rings. The van der Waals surface area contributed by atoms with Crippen LogP contribution in [0.15, 0.2) is 102 Å². The van der Waals surface area contributed by atoms with Gasteiger partial charge in [-0.25, -0.2) is 4.39 Å². The van der Waals surface area contributed by atoms with Crippen LogP contribution in [0.2, 0.25) is 5.04 Å². The van der Waals surface area contributed by atoms with Gasteiger partial charge in [-0.2, -0.15) is 0 Å². The van der Waals surface area contributed by atoms with Gasteiger partial charge in [-0.1, -0.05) is 127 Å². The third kappa shape index (κ3) is 6.53. The Morgan fingerprint density at radius 3 is 1.84 bits per heavy atom. The van der Waals surface area contributed by atoms with Crippen molar-refractivity contribution in [1.82, 2.24) is 4.90 Å². The number of hydrogen-bond donors (Lipinski definition) is 1. The van der Waals surface area contributed by atoms with E-state index in [0.717, 1.165) is 53.8 Å². The fourth-order valence-electron chi connectivity index (χ4n) is 6.93. The maximum absolute atomic E-state index is 14.3. The summed E-state index contributed by atoms with van der Waals surface area (Å²) in [6, 6.07) is 28.0. The Kier molecular flexibility index (Phi) is 10.4. The Balaban J connectivity index is 2.13. The minimum atomic E-state index is -3.01. The SMILES string of the molecule is CCCCCC1=C(c2ccc(F)cc2)C(O[Si](c2ccccc2)(c2ccccc2)C(C)(C)C)=C(C(C)C)N(C)C1C(C)O. The van der Waals surface area contributed by atoms with E-state index >= 15 is 0 Å². The zero-order valence-electron chi connectivity index (χ0n) is 27.3. The van der Waals surface area contributed by atoms with Crippen LogP contribution in [0.4, 0.5) is 4.39 Å². The van der Waals surface area contributed by atoms with Crippen LogP contribution < -0.4 is 10.4 Å². The van der Waals surface area contributed by atoms with E-state index in [4.69, 9.17) is 4.43 Å². The molecule has 43 heavy (non-hydrogen) atoms. The lowest BCUT2D eigenvalue weighted by Crippen LogP contribution is -2.66. The van der Waals surface area contributed by atoms with Crippen molar-refractivity contribution < 1.29 is 13.9 Å². The van der Waals surface area contributed by atoms with Gasteiger partial charge in [0.25, 0.3) is 0 Å². The lowest BCUT2D eigenvalue weighted by Gasteiger charge is -2.48. The summed E-state index contributed by atoms with van der Waals surface area (Å²) in [5, 5.41) is 13.5. The first kappa shape index (κ1) is 32.8. The molecule has 0 fully saturated rings. The molecule has 230 valence electrons. The van der Waals surface area contributed by atoms with Gasteiger partial charge in [0.05, 0.1) is 17.8 Å². The fourth-order valence-corrected chi connectivity index (χ4v) is 11.4. The Morgan fingerprint density at radius 1 is 0.860 bits per heavy atom. The van der Waals surface area contributed by atoms with Crippen molar-refractivity contribution in [2.45, 2.75) is 91.3 Å². The van der Waals surface area contributed by atoms with Crippen LogP contribution in [-0.4, -0.2) is 37.5 Å². The highest BCUT2D eigenvalue weighted by molar-refractivity contribution is 6.99. The Labute approximate surface area is 260 Å². The Hall–Kier alpha value is -3.15. The molecule has 2 atom stereocenters. The smallest absolute Gasteiger partial charge is 0.320 e. The maximum Gasteiger partial charge on any atom is 0.320 e. The first-order chi connectivity index (χ1) is 20.4. The Morgan fingerprint density at radius 2 is 1.40 bits per heavy atom. The zero-order chi connectivity index (χ0) is 31.4. The average molecular weight is 600 g/mol. The first-order valence-electron chi connectivity index (χ1n) is 15.9. The monoisotopic (exact) mass is 599 g/mol. The van der Waals surface area contributed by atoms with Crippen LogP contribution in [0, 0.1) is 11.7 Å². The second-order valence-electron chi connectivity index (χ2n) is 13.3. The molecule has 2 unspecified atom stereocenters. The van der Waals surface area contributed by atoms with Gasteiger partial charge in [-0.05, 0) is 64.4 Å². The molecule has 1 aliphatic heterocycles. The van der Waals surface area contributed by atoms with Gasteiger partial charge in [0.15, 0.2) is 0 Å². The number of likely N-dealkylation sites (N-methyl/N-ethyl adjacent to an activating group) is 1. The van der Waals surface area contributed by atoms with Gasteiger partial charge in [-0.15, -0.1) is 0 Å². The number of halogens is 1. The standard InChI is InChI=1S/C38H50FNO2Si/c1-9-10-13-22-33-34(29-23-25-30(39)26-24-29)37(35(27(2)3)40(8)36(33)28(4)41)42-43(38(5,6)7,31-18-14-11-15-19-31)32-20-16-12-17-21-32/h11-12,14-21,23-28,36,41H,9-10,13,22H2,1-8H3. The van der Waals surface area contributed by atoms with Gasteiger partial charge in [0, 0.05) is 12.6 Å². The molecule has 0 aromatic heterocycles. The molecule has 0 saturated carbocycles. The largest absolute Gasteiger partial charge is 0.532 e. The van der Waals surface area contributed by atoms with E-state index in [1.807, 2.05) is 19.1 Å². The maximum atomic E-state index is 14.3. The van der Waals surface area contributed by atoms with Gasteiger partial charge in [-0.3, -0.25) is 0 Å². The number of unbranched alkanes of at least 4 members (excludes halogenated alkanes) is 2. The molecule has 0 saturated heterocycles. The van der Waals surface area contributed by atoms with Crippen LogP contribution in [0.3, 0.4) is 0 Å². The number of rotatable bonds is 11. The van der Waals surface area contributed by atoms with Gasteiger partial charge >= 0.3 is 8.32 Å². The van der Waals surface area contributed by atoms with Crippen LogP contribution in [-0.2, 0) is 4.43 Å². The second-order valence-corrected chi connectivity index (χ2v) is 17.5. The van der Waals surface area contributed by atoms with E-state index in [9.17, 15) is 9.50 Å². The topological polar surface area (TPSA) is 32.7 Å². The molecule has 0 spiro atoms. The summed E-state index contributed by atoms with van der Waals surface area (Å²) in [6.07, 6.45) is 3.45. The summed E-state index contributed by atoms with van der Waals surface area (Å²) in [6.45, 7) is 15.4. The fraction of sp³-hybridized carbons (Fsp3) is 0.421. The summed E-state index contributed by atoms with van der Waals surface area (Å²) in [4.78, 5) is 2.26. The lowest BCUT2D eigenvalue weighted by atomic mass is 9.82. The van der Waals surface area contributed by atoms with E-state index in [1.54, 1.807) is 0 Å². The predicted octanol–water partition coefficient (Wildman–Crippen LogP) is 8.30. The number of hydrogen-bond acceptors (Lipinski definition) is 3. The molecular weight excluding hydrogens is 550 g/mol. The molecule has 0 bridgehead atoms. The number of benzene rings is 3. The van der Waals surface area contributed by atoms with Gasteiger partial charge in [0.1, 0.15) is 11.6 Å². The molecule has 0 aliphatic carbocycles. The van der Waals surface area contributed by atoms with E-state index in [0.29, 0.717) is 0 Å². The van der Waals surface area contributed by atoms with E-state index in [2.05, 4.69) is 114 Å². The Bertz CT molecular complexity index is 1370. The predicted molar refractivity (Wildman–Crippen MR) is 181 cm³/mol. The van der Waals surface area contributed by atoms with Crippen LogP contribution in [0.1, 0.15) is 79.7 Å². The van der Waals surface area contributed by atoms with Gasteiger partial charge in [0.2, 0.25) is 0 Å². The van der Waals surface area contributed by atoms with E-state index in [-0.39, 0.29) is 22.8 Å². The number of aliphatic hydroxyl groups excluding tert-OH is 1. The summed E-state index contributed by atoms with van der Waals surface area (Å²) in [5.74, 6) is 0.716. The molecule has 1 N–H and O–H groups in total. The van der Waals surface area contributed by atoms with Crippen molar-refractivity contribution in [3.63, 3.8) is 0 Å². The number of allylic oxidation sites excluding steroid dienone is 2. The van der Waals surface area contributed by atoms with Crippen molar-refractivity contribution in [3.8, 4) is 0 Å². The van der Waals surface area contributed by atoms with E-state index in [1.165, 1.54) is 22.5 Å². The second kappa shape index (κ2) is 13.7. The molecule has 0 amide bonds. The highest BCUT2D eigenvalue weighted by Crippen LogP contribution is 2.47. The molecule has 0 radical (unpaired) electrons. The quantitative estimate of drug-likeness (QED) is 0.178. The molecule has 3 aromatic carbocycles. The van der Waals surface area contributed by atoms with Crippen molar-refractivity contribution in [2.75, 3.05) is 7.05 Å². The number of aliphatic hydroxyl groups is 1. The summed E-state index contributed by atoms with van der Waals surface area (Å²) in [5.41, 5.74) is 4.17. The zero-order valence-corrected chi connectivity index (χ0v) is 28.3. The van der Waals surface area contributed by atoms with Crippen LogP contribution >= 0.6 is 0 Å². The van der Waals surface area contributed by atoms with Crippen molar-refractivity contribution in [1.29, 1.82) is 0 Å².